The quantitative estimate of drug-likeness (QED) is 0.725. The monoisotopic (exact) mass is 268 g/mol. The van der Waals surface area contributed by atoms with Gasteiger partial charge in [-0.1, -0.05) is 30.3 Å². The molecule has 0 saturated carbocycles. The van der Waals surface area contributed by atoms with Crippen molar-refractivity contribution in [1.82, 2.24) is 19.7 Å². The van der Waals surface area contributed by atoms with Crippen molar-refractivity contribution in [3.8, 4) is 17.1 Å². The van der Waals surface area contributed by atoms with E-state index in [0.29, 0.717) is 4.77 Å². The van der Waals surface area contributed by atoms with Crippen molar-refractivity contribution in [3.05, 3.63) is 59.1 Å². The van der Waals surface area contributed by atoms with Gasteiger partial charge in [-0.25, -0.2) is 0 Å². The number of pyridine rings is 1. The summed E-state index contributed by atoms with van der Waals surface area (Å²) in [6, 6.07) is 13.8. The molecule has 2 aromatic heterocycles. The van der Waals surface area contributed by atoms with E-state index in [1.54, 1.807) is 6.20 Å². The van der Waals surface area contributed by atoms with Crippen molar-refractivity contribution in [3.63, 3.8) is 0 Å². The van der Waals surface area contributed by atoms with E-state index in [1.165, 1.54) is 0 Å². The molecule has 0 saturated heterocycles. The number of nitrogens with zero attached hydrogens (tertiary/aromatic N) is 3. The number of aryl methyl sites for hydroxylation is 1. The van der Waals surface area contributed by atoms with Crippen LogP contribution in [-0.2, 0) is 0 Å². The van der Waals surface area contributed by atoms with Gasteiger partial charge in [0.05, 0.1) is 11.4 Å². The van der Waals surface area contributed by atoms with Gasteiger partial charge in [0.1, 0.15) is 0 Å². The fourth-order valence-corrected chi connectivity index (χ4v) is 2.24. The lowest BCUT2D eigenvalue weighted by Gasteiger charge is -2.08. The highest BCUT2D eigenvalue weighted by atomic mass is 32.1. The second kappa shape index (κ2) is 4.78. The van der Waals surface area contributed by atoms with Gasteiger partial charge >= 0.3 is 0 Å². The Morgan fingerprint density at radius 2 is 1.89 bits per heavy atom. The predicted molar refractivity (Wildman–Crippen MR) is 76.7 cm³/mol. The smallest absolute Gasteiger partial charge is 0.200 e. The van der Waals surface area contributed by atoms with Gasteiger partial charge in [0, 0.05) is 11.8 Å². The summed E-state index contributed by atoms with van der Waals surface area (Å²) >= 11 is 5.33. The number of nitrogens with one attached hydrogen (secondary N) is 1. The highest BCUT2D eigenvalue weighted by Gasteiger charge is 2.12. The summed E-state index contributed by atoms with van der Waals surface area (Å²) in [5.41, 5.74) is 2.87. The summed E-state index contributed by atoms with van der Waals surface area (Å²) in [7, 11) is 0. The molecule has 3 aromatic rings. The maximum absolute atomic E-state index is 5.33. The van der Waals surface area contributed by atoms with Crippen LogP contribution >= 0.6 is 12.2 Å². The highest BCUT2D eigenvalue weighted by Crippen LogP contribution is 2.22. The maximum Gasteiger partial charge on any atom is 0.200 e. The van der Waals surface area contributed by atoms with Crippen LogP contribution in [0.3, 0.4) is 0 Å². The second-order valence-corrected chi connectivity index (χ2v) is 4.55. The van der Waals surface area contributed by atoms with E-state index in [0.717, 1.165) is 22.8 Å². The Balaban J connectivity index is 2.26. The molecule has 0 bridgehead atoms. The molecule has 0 fully saturated rings. The van der Waals surface area contributed by atoms with Crippen LogP contribution in [0.4, 0.5) is 0 Å². The number of hydrogen-bond acceptors (Lipinski definition) is 3. The minimum atomic E-state index is 0.565. The molecule has 0 aliphatic heterocycles. The Kier molecular flexibility index (Phi) is 2.97. The SMILES string of the molecule is Cc1ncccc1-n1c(-c2ccccc2)n[nH]c1=S. The van der Waals surface area contributed by atoms with Gasteiger partial charge in [0.25, 0.3) is 0 Å². The number of H-pyrrole nitrogens is 1. The van der Waals surface area contributed by atoms with E-state index >= 15 is 0 Å². The van der Waals surface area contributed by atoms with Crippen LogP contribution in [0.1, 0.15) is 5.69 Å². The zero-order valence-corrected chi connectivity index (χ0v) is 11.2. The van der Waals surface area contributed by atoms with Gasteiger partial charge in [-0.2, -0.15) is 5.10 Å². The lowest BCUT2D eigenvalue weighted by Crippen LogP contribution is -2.01. The Hall–Kier alpha value is -2.27. The van der Waals surface area contributed by atoms with Crippen LogP contribution in [0.2, 0.25) is 0 Å². The minimum absolute atomic E-state index is 0.565. The van der Waals surface area contributed by atoms with Gasteiger partial charge in [-0.15, -0.1) is 0 Å². The van der Waals surface area contributed by atoms with Gasteiger partial charge in [-0.05, 0) is 31.3 Å². The van der Waals surface area contributed by atoms with Crippen LogP contribution in [0.15, 0.2) is 48.7 Å². The summed E-state index contributed by atoms with van der Waals surface area (Å²) in [5.74, 6) is 0.793. The van der Waals surface area contributed by atoms with Crippen LogP contribution in [0.5, 0.6) is 0 Å². The highest BCUT2D eigenvalue weighted by molar-refractivity contribution is 7.71. The molecule has 94 valence electrons. The second-order valence-electron chi connectivity index (χ2n) is 4.16. The van der Waals surface area contributed by atoms with E-state index in [4.69, 9.17) is 12.2 Å². The number of aromatic amines is 1. The molecule has 5 heteroatoms. The van der Waals surface area contributed by atoms with Gasteiger partial charge < -0.3 is 0 Å². The van der Waals surface area contributed by atoms with Crippen molar-refractivity contribution in [2.75, 3.05) is 0 Å². The van der Waals surface area contributed by atoms with Crippen LogP contribution in [0, 0.1) is 11.7 Å². The van der Waals surface area contributed by atoms with Crippen LogP contribution < -0.4 is 0 Å². The van der Waals surface area contributed by atoms with Crippen LogP contribution in [-0.4, -0.2) is 19.7 Å². The molecule has 2 heterocycles. The van der Waals surface area contributed by atoms with E-state index in [9.17, 15) is 0 Å². The molecule has 0 radical (unpaired) electrons. The van der Waals surface area contributed by atoms with E-state index < -0.39 is 0 Å². The largest absolute Gasteiger partial charge is 0.266 e. The molecule has 0 aliphatic carbocycles. The maximum atomic E-state index is 5.33. The van der Waals surface area contributed by atoms with Gasteiger partial charge in [0.2, 0.25) is 0 Å². The standard InChI is InChI=1S/C14H12N4S/c1-10-12(8-5-9-15-10)18-13(16-17-14(18)19)11-6-3-2-4-7-11/h2-9H,1H3,(H,17,19). The Morgan fingerprint density at radius 1 is 1.11 bits per heavy atom. The zero-order chi connectivity index (χ0) is 13.2. The topological polar surface area (TPSA) is 46.5 Å². The van der Waals surface area contributed by atoms with Crippen LogP contribution in [0.25, 0.3) is 17.1 Å². The molecule has 0 atom stereocenters. The molecule has 1 N–H and O–H groups in total. The average molecular weight is 268 g/mol. The molecule has 0 spiro atoms. The number of rotatable bonds is 2. The summed E-state index contributed by atoms with van der Waals surface area (Å²) in [6.45, 7) is 1.96. The van der Waals surface area contributed by atoms with E-state index in [-0.39, 0.29) is 0 Å². The normalized spacial score (nSPS) is 10.6. The molecule has 19 heavy (non-hydrogen) atoms. The Labute approximate surface area is 115 Å². The summed E-state index contributed by atoms with van der Waals surface area (Å²) in [5, 5.41) is 7.17. The Morgan fingerprint density at radius 3 is 2.63 bits per heavy atom. The van der Waals surface area contributed by atoms with Gasteiger partial charge in [0.15, 0.2) is 10.6 Å². The first-order valence-electron chi connectivity index (χ1n) is 5.92. The van der Waals surface area contributed by atoms with Crippen molar-refractivity contribution in [2.24, 2.45) is 0 Å². The van der Waals surface area contributed by atoms with Crippen molar-refractivity contribution >= 4 is 12.2 Å². The lowest BCUT2D eigenvalue weighted by molar-refractivity contribution is 0.995. The predicted octanol–water partition coefficient (Wildman–Crippen LogP) is 3.30. The fraction of sp³-hybridized carbons (Fsp3) is 0.0714. The first kappa shape index (κ1) is 11.8. The van der Waals surface area contributed by atoms with Crippen molar-refractivity contribution < 1.29 is 0 Å². The number of benzene rings is 1. The molecule has 1 aromatic carbocycles. The summed E-state index contributed by atoms with van der Waals surface area (Å²) in [6.07, 6.45) is 1.77. The summed E-state index contributed by atoms with van der Waals surface area (Å²) < 4.78 is 2.47. The number of hydrogen-bond donors (Lipinski definition) is 1. The van der Waals surface area contributed by atoms with Crippen molar-refractivity contribution in [1.29, 1.82) is 0 Å². The molecular formula is C14H12N4S. The lowest BCUT2D eigenvalue weighted by atomic mass is 10.2. The molecule has 3 rings (SSSR count). The third kappa shape index (κ3) is 2.08. The summed E-state index contributed by atoms with van der Waals surface area (Å²) in [4.78, 5) is 4.30. The fourth-order valence-electron chi connectivity index (χ4n) is 2.01. The average Bonchev–Trinajstić information content (AvgIpc) is 2.82. The molecule has 0 aliphatic rings. The zero-order valence-electron chi connectivity index (χ0n) is 10.4. The Bertz CT molecular complexity index is 758. The third-order valence-corrected chi connectivity index (χ3v) is 3.20. The molecule has 4 nitrogen and oxygen atoms in total. The third-order valence-electron chi connectivity index (χ3n) is 2.92. The minimum Gasteiger partial charge on any atom is -0.266 e. The first-order chi connectivity index (χ1) is 9.27. The molecule has 0 unspecified atom stereocenters. The molecule has 0 amide bonds. The van der Waals surface area contributed by atoms with Gasteiger partial charge in [-0.3, -0.25) is 14.6 Å². The number of aromatic nitrogens is 4. The first-order valence-corrected chi connectivity index (χ1v) is 6.33. The molecular weight excluding hydrogens is 256 g/mol. The van der Waals surface area contributed by atoms with Crippen molar-refractivity contribution in [2.45, 2.75) is 6.92 Å². The van der Waals surface area contributed by atoms with E-state index in [1.807, 2.05) is 54.0 Å². The van der Waals surface area contributed by atoms with E-state index in [2.05, 4.69) is 15.2 Å².